The maximum atomic E-state index is 13.2. The Kier molecular flexibility index (Phi) is 4.68. The first-order valence-electron chi connectivity index (χ1n) is 6.33. The standard InChI is InChI=1S/C15H14BrF3N2/c1-9(10-4-6-21-7-5-10)14(20)12-3-2-11(16)8-13(12)15(17,18)19/h2-9,14H,20H2,1H3. The van der Waals surface area contributed by atoms with Crippen LogP contribution in [0.4, 0.5) is 13.2 Å². The smallest absolute Gasteiger partial charge is 0.323 e. The van der Waals surface area contributed by atoms with Crippen molar-refractivity contribution in [1.82, 2.24) is 4.98 Å². The van der Waals surface area contributed by atoms with Gasteiger partial charge in [0.1, 0.15) is 0 Å². The number of aromatic nitrogens is 1. The zero-order chi connectivity index (χ0) is 15.6. The van der Waals surface area contributed by atoms with E-state index < -0.39 is 17.8 Å². The van der Waals surface area contributed by atoms with E-state index in [1.165, 1.54) is 6.07 Å². The summed E-state index contributed by atoms with van der Waals surface area (Å²) in [5.74, 6) is -0.254. The van der Waals surface area contributed by atoms with Crippen LogP contribution in [0.15, 0.2) is 47.2 Å². The quantitative estimate of drug-likeness (QED) is 0.865. The molecule has 2 unspecified atom stereocenters. The van der Waals surface area contributed by atoms with Crippen molar-refractivity contribution in [3.8, 4) is 0 Å². The number of benzene rings is 1. The molecule has 0 saturated carbocycles. The number of hydrogen-bond donors (Lipinski definition) is 1. The van der Waals surface area contributed by atoms with Crippen LogP contribution < -0.4 is 5.73 Å². The first-order chi connectivity index (χ1) is 9.80. The van der Waals surface area contributed by atoms with Gasteiger partial charge in [0.2, 0.25) is 0 Å². The lowest BCUT2D eigenvalue weighted by Crippen LogP contribution is -2.22. The average molecular weight is 359 g/mol. The van der Waals surface area contributed by atoms with Gasteiger partial charge in [0.05, 0.1) is 5.56 Å². The van der Waals surface area contributed by atoms with Crippen LogP contribution in [-0.4, -0.2) is 4.98 Å². The van der Waals surface area contributed by atoms with Crippen LogP contribution in [0, 0.1) is 0 Å². The van der Waals surface area contributed by atoms with Crippen LogP contribution in [-0.2, 0) is 6.18 Å². The van der Waals surface area contributed by atoms with Gasteiger partial charge >= 0.3 is 6.18 Å². The largest absolute Gasteiger partial charge is 0.416 e. The number of nitrogens with two attached hydrogens (primary N) is 1. The summed E-state index contributed by atoms with van der Waals surface area (Å²) in [4.78, 5) is 3.90. The van der Waals surface area contributed by atoms with Gasteiger partial charge in [-0.05, 0) is 35.4 Å². The minimum atomic E-state index is -4.44. The van der Waals surface area contributed by atoms with Crippen molar-refractivity contribution in [3.63, 3.8) is 0 Å². The number of rotatable bonds is 3. The molecule has 0 saturated heterocycles. The molecule has 0 aliphatic carbocycles. The Morgan fingerprint density at radius 3 is 2.33 bits per heavy atom. The molecule has 1 aromatic carbocycles. The van der Waals surface area contributed by atoms with Gasteiger partial charge in [-0.2, -0.15) is 13.2 Å². The van der Waals surface area contributed by atoms with Crippen LogP contribution in [0.25, 0.3) is 0 Å². The number of nitrogens with zero attached hydrogens (tertiary/aromatic N) is 1. The first kappa shape index (κ1) is 16.0. The van der Waals surface area contributed by atoms with Gasteiger partial charge in [0, 0.05) is 28.8 Å². The summed E-state index contributed by atoms with van der Waals surface area (Å²) in [6, 6.07) is 6.83. The molecule has 2 rings (SSSR count). The normalized spacial score (nSPS) is 14.8. The van der Waals surface area contributed by atoms with Crippen LogP contribution in [0.5, 0.6) is 0 Å². The molecule has 2 nitrogen and oxygen atoms in total. The zero-order valence-corrected chi connectivity index (χ0v) is 12.8. The third-order valence-electron chi connectivity index (χ3n) is 3.45. The molecule has 1 heterocycles. The van der Waals surface area contributed by atoms with Gasteiger partial charge in [-0.25, -0.2) is 0 Å². The molecule has 0 aliphatic rings. The van der Waals surface area contributed by atoms with Crippen molar-refractivity contribution in [2.75, 3.05) is 0 Å². The topological polar surface area (TPSA) is 38.9 Å². The van der Waals surface area contributed by atoms with Gasteiger partial charge in [0.15, 0.2) is 0 Å². The highest BCUT2D eigenvalue weighted by Gasteiger charge is 2.35. The molecule has 21 heavy (non-hydrogen) atoms. The van der Waals surface area contributed by atoms with Gasteiger partial charge < -0.3 is 5.73 Å². The molecule has 6 heteroatoms. The Hall–Kier alpha value is -1.40. The molecule has 1 aromatic heterocycles. The first-order valence-corrected chi connectivity index (χ1v) is 7.12. The van der Waals surface area contributed by atoms with Crippen molar-refractivity contribution < 1.29 is 13.2 Å². The minimum Gasteiger partial charge on any atom is -0.323 e. The third-order valence-corrected chi connectivity index (χ3v) is 3.94. The van der Waals surface area contributed by atoms with Gasteiger partial charge in [0.25, 0.3) is 0 Å². The fraction of sp³-hybridized carbons (Fsp3) is 0.267. The molecule has 0 fully saturated rings. The van der Waals surface area contributed by atoms with Crippen LogP contribution in [0.1, 0.15) is 35.6 Å². The minimum absolute atomic E-state index is 0.0926. The number of hydrogen-bond acceptors (Lipinski definition) is 2. The monoisotopic (exact) mass is 358 g/mol. The van der Waals surface area contributed by atoms with E-state index in [0.29, 0.717) is 4.47 Å². The lowest BCUT2D eigenvalue weighted by molar-refractivity contribution is -0.138. The van der Waals surface area contributed by atoms with Crippen molar-refractivity contribution in [2.45, 2.75) is 25.1 Å². The molecule has 2 N–H and O–H groups in total. The summed E-state index contributed by atoms with van der Waals surface area (Å²) in [7, 11) is 0. The average Bonchev–Trinajstić information content (AvgIpc) is 2.45. The fourth-order valence-electron chi connectivity index (χ4n) is 2.21. The Morgan fingerprint density at radius 2 is 1.76 bits per heavy atom. The Morgan fingerprint density at radius 1 is 1.14 bits per heavy atom. The summed E-state index contributed by atoms with van der Waals surface area (Å²) in [6.07, 6.45) is -1.23. The fourth-order valence-corrected chi connectivity index (χ4v) is 2.57. The second-order valence-electron chi connectivity index (χ2n) is 4.82. The number of alkyl halides is 3. The van der Waals surface area contributed by atoms with E-state index in [2.05, 4.69) is 20.9 Å². The van der Waals surface area contributed by atoms with Crippen LogP contribution in [0.3, 0.4) is 0 Å². The SMILES string of the molecule is CC(c1ccncc1)C(N)c1ccc(Br)cc1C(F)(F)F. The highest BCUT2D eigenvalue weighted by Crippen LogP contribution is 2.39. The van der Waals surface area contributed by atoms with E-state index in [1.807, 2.05) is 6.92 Å². The lowest BCUT2D eigenvalue weighted by Gasteiger charge is -2.24. The maximum absolute atomic E-state index is 13.2. The van der Waals surface area contributed by atoms with E-state index in [9.17, 15) is 13.2 Å². The lowest BCUT2D eigenvalue weighted by atomic mass is 9.87. The van der Waals surface area contributed by atoms with E-state index in [4.69, 9.17) is 5.73 Å². The molecular weight excluding hydrogens is 345 g/mol. The number of halogens is 4. The highest BCUT2D eigenvalue weighted by atomic mass is 79.9. The molecule has 112 valence electrons. The molecule has 0 amide bonds. The molecule has 0 bridgehead atoms. The summed E-state index contributed by atoms with van der Waals surface area (Å²) in [5.41, 5.74) is 6.33. The molecular formula is C15H14BrF3N2. The van der Waals surface area contributed by atoms with E-state index >= 15 is 0 Å². The molecule has 0 aliphatic heterocycles. The van der Waals surface area contributed by atoms with E-state index in [1.54, 1.807) is 30.6 Å². The molecule has 2 aromatic rings. The van der Waals surface area contributed by atoms with Crippen LogP contribution >= 0.6 is 15.9 Å². The van der Waals surface area contributed by atoms with Crippen molar-refractivity contribution in [1.29, 1.82) is 0 Å². The summed E-state index contributed by atoms with van der Waals surface area (Å²) < 4.78 is 39.9. The Bertz CT molecular complexity index is 614. The van der Waals surface area contributed by atoms with Crippen molar-refractivity contribution in [2.24, 2.45) is 5.73 Å². The summed E-state index contributed by atoms with van der Waals surface area (Å²) in [5, 5.41) is 0. The Labute approximate surface area is 129 Å². The molecule has 2 atom stereocenters. The van der Waals surface area contributed by atoms with Crippen molar-refractivity contribution in [3.05, 3.63) is 63.9 Å². The van der Waals surface area contributed by atoms with E-state index in [-0.39, 0.29) is 11.5 Å². The van der Waals surface area contributed by atoms with E-state index in [0.717, 1.165) is 11.6 Å². The second kappa shape index (κ2) is 6.15. The number of pyridine rings is 1. The Balaban J connectivity index is 2.42. The third kappa shape index (κ3) is 3.63. The molecule has 0 radical (unpaired) electrons. The maximum Gasteiger partial charge on any atom is 0.416 e. The highest BCUT2D eigenvalue weighted by molar-refractivity contribution is 9.10. The predicted molar refractivity (Wildman–Crippen MR) is 78.7 cm³/mol. The summed E-state index contributed by atoms with van der Waals surface area (Å²) in [6.45, 7) is 1.81. The molecule has 0 spiro atoms. The second-order valence-corrected chi connectivity index (χ2v) is 5.74. The van der Waals surface area contributed by atoms with Gasteiger partial charge in [-0.1, -0.05) is 28.9 Å². The van der Waals surface area contributed by atoms with Gasteiger partial charge in [-0.15, -0.1) is 0 Å². The predicted octanol–water partition coefficient (Wildman–Crippen LogP) is 4.67. The summed E-state index contributed by atoms with van der Waals surface area (Å²) >= 11 is 3.07. The van der Waals surface area contributed by atoms with Crippen LogP contribution in [0.2, 0.25) is 0 Å². The van der Waals surface area contributed by atoms with Crippen molar-refractivity contribution >= 4 is 15.9 Å². The zero-order valence-electron chi connectivity index (χ0n) is 11.2. The van der Waals surface area contributed by atoms with Gasteiger partial charge in [-0.3, -0.25) is 4.98 Å².